The van der Waals surface area contributed by atoms with Crippen molar-refractivity contribution in [1.29, 1.82) is 0 Å². The predicted molar refractivity (Wildman–Crippen MR) is 154 cm³/mol. The summed E-state index contributed by atoms with van der Waals surface area (Å²) >= 11 is -2.95. The van der Waals surface area contributed by atoms with Gasteiger partial charge in [-0.3, -0.25) is 9.00 Å². The van der Waals surface area contributed by atoms with Crippen LogP contribution in [-0.2, 0) is 16.0 Å². The van der Waals surface area contributed by atoms with Crippen molar-refractivity contribution in [2.24, 2.45) is 5.92 Å². The van der Waals surface area contributed by atoms with Gasteiger partial charge in [-0.2, -0.15) is 0 Å². The molecule has 2 aromatic rings. The number of nitrogen functional groups attached to an aromatic ring is 1. The fourth-order valence-electron chi connectivity index (χ4n) is 5.26. The fourth-order valence-corrected chi connectivity index (χ4v) is 5.75. The number of hydrogen-bond donors (Lipinski definition) is 1. The maximum atomic E-state index is 13.8. The first-order valence-electron chi connectivity index (χ1n) is 13.3. The predicted octanol–water partition coefficient (Wildman–Crippen LogP) is 4.15. The number of rotatable bonds is 5. The van der Waals surface area contributed by atoms with Crippen molar-refractivity contribution in [1.82, 2.24) is 14.9 Å². The highest BCUT2D eigenvalue weighted by atomic mass is 32.2. The van der Waals surface area contributed by atoms with Crippen molar-refractivity contribution in [3.05, 3.63) is 47.7 Å². The Labute approximate surface area is 237 Å². The average Bonchev–Trinajstić information content (AvgIpc) is 3.14. The Morgan fingerprint density at radius 1 is 1.20 bits per heavy atom. The third kappa shape index (κ3) is 6.44. The van der Waals surface area contributed by atoms with Crippen molar-refractivity contribution in [3.63, 3.8) is 0 Å². The fraction of sp³-hybridized carbons (Fsp3) is 0.500. The SMILES string of the molecule is C[C@@H]1CN(c2nc(C3=CCN(C(=O)OC(C)(C)C)CC3)ccc2C(=O)N(c2cccc(N)n2)S(=O)[O-])C(C)(C)C1. The molecule has 2 aromatic heterocycles. The standard InChI is InChI=1S/C28H38N6O5S/c1-18-16-28(5,6)33(17-18)24-20(25(35)34(40(37)38)23-9-7-8-22(29)31-23)10-11-21(30-24)19-12-14-32(15-13-19)26(36)39-27(2,3)4/h7-12,18H,13-17H2,1-6H3,(H2,29,31)(H,37,38)/p-1/t18-/m0/s1. The summed E-state index contributed by atoms with van der Waals surface area (Å²) in [7, 11) is 0. The molecule has 0 bridgehead atoms. The topological polar surface area (TPSA) is 145 Å². The van der Waals surface area contributed by atoms with Crippen molar-refractivity contribution < 1.29 is 23.1 Å². The number of anilines is 3. The molecule has 0 spiro atoms. The van der Waals surface area contributed by atoms with E-state index in [2.05, 4.69) is 30.7 Å². The summed E-state index contributed by atoms with van der Waals surface area (Å²) in [4.78, 5) is 39.0. The molecule has 12 heteroatoms. The van der Waals surface area contributed by atoms with Gasteiger partial charge in [-0.25, -0.2) is 19.1 Å². The summed E-state index contributed by atoms with van der Waals surface area (Å²) in [6, 6.07) is 7.80. The molecule has 1 fully saturated rings. The molecule has 2 amide bonds. The molecule has 0 aromatic carbocycles. The van der Waals surface area contributed by atoms with Gasteiger partial charge in [0.25, 0.3) is 5.91 Å². The van der Waals surface area contributed by atoms with Crippen LogP contribution < -0.4 is 14.9 Å². The zero-order valence-electron chi connectivity index (χ0n) is 23.8. The Bertz CT molecular complexity index is 1350. The maximum absolute atomic E-state index is 13.8. The van der Waals surface area contributed by atoms with Crippen molar-refractivity contribution in [2.75, 3.05) is 34.6 Å². The van der Waals surface area contributed by atoms with Gasteiger partial charge in [0.05, 0.1) is 22.5 Å². The molecule has 0 saturated carbocycles. The van der Waals surface area contributed by atoms with Gasteiger partial charge in [-0.05, 0) is 83.2 Å². The van der Waals surface area contributed by atoms with Gasteiger partial charge in [0.1, 0.15) is 23.1 Å². The Hall–Kier alpha value is -3.51. The second-order valence-electron chi connectivity index (χ2n) is 11.9. The summed E-state index contributed by atoms with van der Waals surface area (Å²) in [5.74, 6) is -0.0236. The lowest BCUT2D eigenvalue weighted by atomic mass is 9.97. The lowest BCUT2D eigenvalue weighted by molar-refractivity contribution is 0.0270. The number of nitrogens with zero attached hydrogens (tertiary/aromatic N) is 5. The first-order valence-corrected chi connectivity index (χ1v) is 14.3. The summed E-state index contributed by atoms with van der Waals surface area (Å²) in [5.41, 5.74) is 6.62. The monoisotopic (exact) mass is 569 g/mol. The molecule has 0 radical (unpaired) electrons. The number of hydrogen-bond acceptors (Lipinski definition) is 9. The van der Waals surface area contributed by atoms with Crippen molar-refractivity contribution >= 4 is 46.3 Å². The zero-order chi connectivity index (χ0) is 29.4. The molecule has 11 nitrogen and oxygen atoms in total. The molecule has 2 aliphatic rings. The van der Waals surface area contributed by atoms with E-state index in [0.717, 1.165) is 12.0 Å². The van der Waals surface area contributed by atoms with E-state index in [1.165, 1.54) is 18.2 Å². The highest BCUT2D eigenvalue weighted by Gasteiger charge is 2.40. The normalized spacial score (nSPS) is 19.7. The van der Waals surface area contributed by atoms with Gasteiger partial charge in [0, 0.05) is 25.2 Å². The molecule has 2 aliphatic heterocycles. The molecule has 4 heterocycles. The van der Waals surface area contributed by atoms with E-state index in [-0.39, 0.29) is 28.8 Å². The van der Waals surface area contributed by atoms with Crippen LogP contribution in [0.15, 0.2) is 36.4 Å². The Kier molecular flexibility index (Phi) is 8.23. The summed E-state index contributed by atoms with van der Waals surface area (Å²) in [6.07, 6.45) is 3.01. The van der Waals surface area contributed by atoms with Crippen LogP contribution in [0.1, 0.15) is 70.4 Å². The maximum Gasteiger partial charge on any atom is 0.410 e. The van der Waals surface area contributed by atoms with Crippen LogP contribution in [0.3, 0.4) is 0 Å². The summed E-state index contributed by atoms with van der Waals surface area (Å²) < 4.78 is 30.6. The van der Waals surface area contributed by atoms with E-state index < -0.39 is 22.8 Å². The first-order chi connectivity index (χ1) is 18.7. The van der Waals surface area contributed by atoms with Gasteiger partial charge in [0.15, 0.2) is 0 Å². The lowest BCUT2D eigenvalue weighted by Gasteiger charge is -2.35. The Balaban J connectivity index is 1.72. The van der Waals surface area contributed by atoms with Crippen LogP contribution in [0.25, 0.3) is 5.57 Å². The molecule has 4 rings (SSSR count). The van der Waals surface area contributed by atoms with Gasteiger partial charge >= 0.3 is 6.09 Å². The molecule has 216 valence electrons. The third-order valence-electron chi connectivity index (χ3n) is 6.92. The Morgan fingerprint density at radius 2 is 1.93 bits per heavy atom. The highest BCUT2D eigenvalue weighted by molar-refractivity contribution is 7.81. The molecule has 0 aliphatic carbocycles. The minimum absolute atomic E-state index is 0.0913. The van der Waals surface area contributed by atoms with Gasteiger partial charge < -0.3 is 24.8 Å². The van der Waals surface area contributed by atoms with Gasteiger partial charge in [0.2, 0.25) is 0 Å². The van der Waals surface area contributed by atoms with E-state index >= 15 is 0 Å². The van der Waals surface area contributed by atoms with Crippen LogP contribution in [0, 0.1) is 5.92 Å². The average molecular weight is 570 g/mol. The molecular formula is C28H37N6O5S-. The number of nitrogens with two attached hydrogens (primary N) is 1. The third-order valence-corrected chi connectivity index (χ3v) is 7.57. The lowest BCUT2D eigenvalue weighted by Crippen LogP contribution is -2.41. The van der Waals surface area contributed by atoms with Crippen LogP contribution in [0.5, 0.6) is 0 Å². The van der Waals surface area contributed by atoms with Crippen molar-refractivity contribution in [3.8, 4) is 0 Å². The van der Waals surface area contributed by atoms with Gasteiger partial charge in [-0.1, -0.05) is 19.1 Å². The minimum Gasteiger partial charge on any atom is -0.755 e. The molecule has 1 saturated heterocycles. The minimum atomic E-state index is -2.95. The second-order valence-corrected chi connectivity index (χ2v) is 12.7. The van der Waals surface area contributed by atoms with Crippen LogP contribution >= 0.6 is 0 Å². The molecule has 2 atom stereocenters. The quantitative estimate of drug-likeness (QED) is 0.525. The Morgan fingerprint density at radius 3 is 2.48 bits per heavy atom. The molecule has 2 N–H and O–H groups in total. The van der Waals surface area contributed by atoms with E-state index in [4.69, 9.17) is 15.5 Å². The molecular weight excluding hydrogens is 532 g/mol. The molecule has 1 unspecified atom stereocenters. The van der Waals surface area contributed by atoms with Gasteiger partial charge in [-0.15, -0.1) is 0 Å². The van der Waals surface area contributed by atoms with Crippen LogP contribution in [-0.4, -0.2) is 66.4 Å². The number of aromatic nitrogens is 2. The zero-order valence-corrected chi connectivity index (χ0v) is 24.7. The van der Waals surface area contributed by atoms with Crippen LogP contribution in [0.2, 0.25) is 0 Å². The smallest absolute Gasteiger partial charge is 0.410 e. The second kappa shape index (κ2) is 11.2. The number of pyridine rings is 2. The van der Waals surface area contributed by atoms with Crippen molar-refractivity contribution in [2.45, 2.75) is 65.5 Å². The van der Waals surface area contributed by atoms with E-state index in [1.807, 2.05) is 26.8 Å². The van der Waals surface area contributed by atoms with E-state index in [9.17, 15) is 18.4 Å². The first kappa shape index (κ1) is 29.5. The molecule has 40 heavy (non-hydrogen) atoms. The number of amides is 2. The highest BCUT2D eigenvalue weighted by Crippen LogP contribution is 2.39. The summed E-state index contributed by atoms with van der Waals surface area (Å²) in [6.45, 7) is 13.3. The number of ether oxygens (including phenoxy) is 1. The number of carbonyl (C=O) groups excluding carboxylic acids is 2. The largest absolute Gasteiger partial charge is 0.755 e. The number of carbonyl (C=O) groups is 2. The summed E-state index contributed by atoms with van der Waals surface area (Å²) in [5, 5.41) is 0. The van der Waals surface area contributed by atoms with E-state index in [1.54, 1.807) is 17.0 Å². The van der Waals surface area contributed by atoms with E-state index in [0.29, 0.717) is 47.8 Å². The van der Waals surface area contributed by atoms with Crippen LogP contribution in [0.4, 0.5) is 22.2 Å².